The van der Waals surface area contributed by atoms with Crippen LogP contribution in [-0.2, 0) is 32.7 Å². The summed E-state index contributed by atoms with van der Waals surface area (Å²) in [6, 6.07) is 17.0. The van der Waals surface area contributed by atoms with Crippen LogP contribution >= 0.6 is 15.9 Å². The summed E-state index contributed by atoms with van der Waals surface area (Å²) in [7, 11) is 0. The van der Waals surface area contributed by atoms with Crippen LogP contribution in [0.4, 0.5) is 0 Å². The third-order valence-electron chi connectivity index (χ3n) is 4.99. The Labute approximate surface area is 162 Å². The number of hydrogen-bond acceptors (Lipinski definition) is 4. The topological polar surface area (TPSA) is 55.4 Å². The van der Waals surface area contributed by atoms with Gasteiger partial charge in [-0.3, -0.25) is 9.59 Å². The first kappa shape index (κ1) is 18.8. The van der Waals surface area contributed by atoms with Crippen LogP contribution in [0.25, 0.3) is 0 Å². The molecular formula is C21H22BrNO3. The second-order valence-electron chi connectivity index (χ2n) is 6.36. The van der Waals surface area contributed by atoms with Crippen molar-refractivity contribution in [3.63, 3.8) is 0 Å². The average molecular weight is 416 g/mol. The minimum atomic E-state index is -1.38. The molecule has 5 heteroatoms. The number of ether oxygens (including phenoxy) is 1. The lowest BCUT2D eigenvalue weighted by Crippen LogP contribution is -2.61. The van der Waals surface area contributed by atoms with Gasteiger partial charge in [0.15, 0.2) is 11.2 Å². The van der Waals surface area contributed by atoms with Crippen molar-refractivity contribution in [1.29, 1.82) is 0 Å². The molecule has 0 bridgehead atoms. The molecule has 0 saturated carbocycles. The molecule has 2 aromatic carbocycles. The molecule has 1 aliphatic rings. The zero-order valence-corrected chi connectivity index (χ0v) is 16.3. The van der Waals surface area contributed by atoms with Gasteiger partial charge in [0, 0.05) is 12.6 Å². The molecule has 0 saturated heterocycles. The molecule has 26 heavy (non-hydrogen) atoms. The van der Waals surface area contributed by atoms with E-state index in [2.05, 4.69) is 33.4 Å². The second-order valence-corrected chi connectivity index (χ2v) is 6.92. The van der Waals surface area contributed by atoms with E-state index in [1.807, 2.05) is 42.5 Å². The van der Waals surface area contributed by atoms with Gasteiger partial charge in [0.1, 0.15) is 0 Å². The molecule has 2 unspecified atom stereocenters. The largest absolute Gasteiger partial charge is 0.465 e. The van der Waals surface area contributed by atoms with Crippen molar-refractivity contribution in [2.75, 3.05) is 11.9 Å². The predicted octanol–water partition coefficient (Wildman–Crippen LogP) is 3.17. The van der Waals surface area contributed by atoms with Crippen LogP contribution in [0.1, 0.15) is 23.6 Å². The van der Waals surface area contributed by atoms with Crippen LogP contribution in [0.15, 0.2) is 54.6 Å². The van der Waals surface area contributed by atoms with E-state index in [1.54, 1.807) is 6.92 Å². The van der Waals surface area contributed by atoms with E-state index in [4.69, 9.17) is 4.74 Å². The van der Waals surface area contributed by atoms with Gasteiger partial charge in [0.05, 0.1) is 11.9 Å². The lowest BCUT2D eigenvalue weighted by Gasteiger charge is -2.40. The molecular weight excluding hydrogens is 394 g/mol. The molecule has 1 N–H and O–H groups in total. The van der Waals surface area contributed by atoms with Crippen LogP contribution in [-0.4, -0.2) is 29.7 Å². The maximum Gasteiger partial charge on any atom is 0.325 e. The fraction of sp³-hybridized carbons (Fsp3) is 0.333. The van der Waals surface area contributed by atoms with Crippen molar-refractivity contribution in [2.45, 2.75) is 31.3 Å². The molecule has 2 atom stereocenters. The molecule has 0 amide bonds. The van der Waals surface area contributed by atoms with E-state index in [9.17, 15) is 9.59 Å². The van der Waals surface area contributed by atoms with Crippen molar-refractivity contribution >= 4 is 27.7 Å². The number of esters is 1. The van der Waals surface area contributed by atoms with Gasteiger partial charge in [-0.25, -0.2) is 0 Å². The number of alkyl halides is 1. The Bertz CT molecular complexity index is 793. The molecule has 0 radical (unpaired) electrons. The van der Waals surface area contributed by atoms with E-state index in [0.29, 0.717) is 18.5 Å². The van der Waals surface area contributed by atoms with Crippen LogP contribution in [0.2, 0.25) is 0 Å². The highest BCUT2D eigenvalue weighted by atomic mass is 79.9. The quantitative estimate of drug-likeness (QED) is 0.447. The van der Waals surface area contributed by atoms with Crippen LogP contribution in [0.5, 0.6) is 0 Å². The number of carbonyl (C=O) groups is 2. The summed E-state index contributed by atoms with van der Waals surface area (Å²) >= 11 is 3.28. The first-order valence-electron chi connectivity index (χ1n) is 8.76. The lowest BCUT2D eigenvalue weighted by atomic mass is 9.68. The molecule has 0 aromatic heterocycles. The molecule has 0 spiro atoms. The van der Waals surface area contributed by atoms with Gasteiger partial charge in [-0.1, -0.05) is 70.5 Å². The van der Waals surface area contributed by atoms with Crippen LogP contribution in [0, 0.1) is 0 Å². The van der Waals surface area contributed by atoms with Gasteiger partial charge in [0.2, 0.25) is 0 Å². The lowest BCUT2D eigenvalue weighted by molar-refractivity contribution is -0.155. The minimum Gasteiger partial charge on any atom is -0.465 e. The summed E-state index contributed by atoms with van der Waals surface area (Å²) in [5.41, 5.74) is 1.64. The highest BCUT2D eigenvalue weighted by Gasteiger charge is 2.54. The highest BCUT2D eigenvalue weighted by Crippen LogP contribution is 2.36. The summed E-state index contributed by atoms with van der Waals surface area (Å²) in [4.78, 5) is 26.3. The third kappa shape index (κ3) is 3.21. The number of fused-ring (bicyclic) bond motifs is 1. The SMILES string of the molecule is CCOC(=O)C(C(=O)CBr)(c1ccccc1)C1Cc2ccccc2CN1. The van der Waals surface area contributed by atoms with Crippen LogP contribution in [0.3, 0.4) is 0 Å². The monoisotopic (exact) mass is 415 g/mol. The van der Waals surface area contributed by atoms with Crippen molar-refractivity contribution in [1.82, 2.24) is 5.32 Å². The summed E-state index contributed by atoms with van der Waals surface area (Å²) < 4.78 is 5.41. The minimum absolute atomic E-state index is 0.0839. The molecule has 0 aliphatic carbocycles. The number of hydrogen-bond donors (Lipinski definition) is 1. The zero-order chi connectivity index (χ0) is 18.6. The van der Waals surface area contributed by atoms with Gasteiger partial charge < -0.3 is 10.1 Å². The van der Waals surface area contributed by atoms with Crippen LogP contribution < -0.4 is 5.32 Å². The molecule has 1 aliphatic heterocycles. The number of halogens is 1. The molecule has 4 nitrogen and oxygen atoms in total. The Morgan fingerprint density at radius 3 is 2.42 bits per heavy atom. The van der Waals surface area contributed by atoms with Gasteiger partial charge in [-0.15, -0.1) is 0 Å². The predicted molar refractivity (Wildman–Crippen MR) is 104 cm³/mol. The Morgan fingerprint density at radius 2 is 1.77 bits per heavy atom. The maximum atomic E-state index is 13.2. The molecule has 2 aromatic rings. The van der Waals surface area contributed by atoms with E-state index in [1.165, 1.54) is 5.56 Å². The normalized spacial score (nSPS) is 18.5. The number of Topliss-reactive ketones (excluding diaryl/α,β-unsaturated/α-hetero) is 1. The average Bonchev–Trinajstić information content (AvgIpc) is 2.69. The number of ketones is 1. The van der Waals surface area contributed by atoms with Gasteiger partial charge in [-0.05, 0) is 30.0 Å². The van der Waals surface area contributed by atoms with Gasteiger partial charge in [-0.2, -0.15) is 0 Å². The first-order valence-corrected chi connectivity index (χ1v) is 9.88. The Balaban J connectivity index is 2.14. The number of rotatable bonds is 6. The Morgan fingerprint density at radius 1 is 1.12 bits per heavy atom. The summed E-state index contributed by atoms with van der Waals surface area (Å²) in [5.74, 6) is -0.688. The standard InChI is InChI=1S/C21H22BrNO3/c1-2-26-20(25)21(19(24)13-22,17-10-4-3-5-11-17)18-12-15-8-6-7-9-16(15)14-23-18/h3-11,18,23H,2,12-14H2,1H3. The highest BCUT2D eigenvalue weighted by molar-refractivity contribution is 9.09. The first-order chi connectivity index (χ1) is 12.6. The molecule has 136 valence electrons. The fourth-order valence-electron chi connectivity index (χ4n) is 3.74. The van der Waals surface area contributed by atoms with E-state index < -0.39 is 11.4 Å². The Hall–Kier alpha value is -1.98. The van der Waals surface area contributed by atoms with Crippen molar-refractivity contribution < 1.29 is 14.3 Å². The van der Waals surface area contributed by atoms with E-state index in [-0.39, 0.29) is 23.8 Å². The fourth-order valence-corrected chi connectivity index (χ4v) is 4.18. The third-order valence-corrected chi connectivity index (χ3v) is 5.50. The number of benzene rings is 2. The maximum absolute atomic E-state index is 13.2. The summed E-state index contributed by atoms with van der Waals surface area (Å²) in [6.07, 6.45) is 0.586. The van der Waals surface area contributed by atoms with Crippen molar-refractivity contribution in [2.24, 2.45) is 0 Å². The van der Waals surface area contributed by atoms with Gasteiger partial charge in [0.25, 0.3) is 0 Å². The number of nitrogens with one attached hydrogen (secondary N) is 1. The van der Waals surface area contributed by atoms with E-state index >= 15 is 0 Å². The molecule has 3 rings (SSSR count). The second kappa shape index (κ2) is 8.14. The molecule has 1 heterocycles. The van der Waals surface area contributed by atoms with Crippen molar-refractivity contribution in [3.8, 4) is 0 Å². The van der Waals surface area contributed by atoms with E-state index in [0.717, 1.165) is 5.56 Å². The Kier molecular flexibility index (Phi) is 5.89. The zero-order valence-electron chi connectivity index (χ0n) is 14.7. The van der Waals surface area contributed by atoms with Gasteiger partial charge >= 0.3 is 5.97 Å². The van der Waals surface area contributed by atoms with Crippen molar-refractivity contribution in [3.05, 3.63) is 71.3 Å². The molecule has 0 fully saturated rings. The smallest absolute Gasteiger partial charge is 0.325 e. The summed E-state index contributed by atoms with van der Waals surface area (Å²) in [5, 5.41) is 3.51. The summed E-state index contributed by atoms with van der Waals surface area (Å²) in [6.45, 7) is 2.60. The number of carbonyl (C=O) groups excluding carboxylic acids is 2.